The van der Waals surface area contributed by atoms with E-state index < -0.39 is 0 Å². The van der Waals surface area contributed by atoms with Gasteiger partial charge in [0.15, 0.2) is 0 Å². The van der Waals surface area contributed by atoms with Crippen molar-refractivity contribution in [2.75, 3.05) is 13.1 Å². The van der Waals surface area contributed by atoms with Gasteiger partial charge in [-0.2, -0.15) is 0 Å². The molecule has 2 aromatic carbocycles. The van der Waals surface area contributed by atoms with Crippen LogP contribution in [-0.2, 0) is 11.2 Å². The highest BCUT2D eigenvalue weighted by atomic mass is 16.1. The first-order valence-electron chi connectivity index (χ1n) is 7.29. The van der Waals surface area contributed by atoms with Gasteiger partial charge in [0.25, 0.3) is 0 Å². The molecule has 0 aromatic heterocycles. The molecule has 2 fully saturated rings. The van der Waals surface area contributed by atoms with Crippen LogP contribution in [0.2, 0.25) is 0 Å². The van der Waals surface area contributed by atoms with Gasteiger partial charge in [-0.3, -0.25) is 4.79 Å². The number of hydrogen-bond acceptors (Lipinski definition) is 2. The van der Waals surface area contributed by atoms with Gasteiger partial charge in [-0.15, -0.1) is 0 Å². The molecular weight excluding hydrogens is 248 g/mol. The molecular formula is C17H18N2O. The van der Waals surface area contributed by atoms with Crippen LogP contribution >= 0.6 is 0 Å². The van der Waals surface area contributed by atoms with Crippen LogP contribution in [0.15, 0.2) is 42.5 Å². The van der Waals surface area contributed by atoms with Crippen LogP contribution in [0.5, 0.6) is 0 Å². The number of rotatable bonds is 3. The van der Waals surface area contributed by atoms with E-state index in [1.807, 2.05) is 12.1 Å². The third-order valence-electron chi connectivity index (χ3n) is 4.60. The summed E-state index contributed by atoms with van der Waals surface area (Å²) in [5.41, 5.74) is 1.09. The van der Waals surface area contributed by atoms with Crippen molar-refractivity contribution in [3.05, 3.63) is 48.0 Å². The van der Waals surface area contributed by atoms with Gasteiger partial charge >= 0.3 is 0 Å². The highest BCUT2D eigenvalue weighted by Crippen LogP contribution is 2.41. The molecule has 4 rings (SSSR count). The van der Waals surface area contributed by atoms with Crippen LogP contribution in [0, 0.1) is 11.8 Å². The molecule has 2 aromatic rings. The summed E-state index contributed by atoms with van der Waals surface area (Å²) in [6, 6.07) is 14.9. The highest BCUT2D eigenvalue weighted by molar-refractivity contribution is 5.85. The standard InChI is InChI=1S/C17H18N2O/c20-16(19-17-14-9-18-10-15(14)17)8-11-5-6-12-3-1-2-4-13(12)7-11/h1-7,14-15,17-18H,8-10H2,(H,19,20). The first kappa shape index (κ1) is 11.9. The molecule has 2 atom stereocenters. The van der Waals surface area contributed by atoms with Crippen molar-refractivity contribution in [3.63, 3.8) is 0 Å². The molecule has 102 valence electrons. The summed E-state index contributed by atoms with van der Waals surface area (Å²) in [6.07, 6.45) is 0.480. The van der Waals surface area contributed by atoms with Crippen LogP contribution < -0.4 is 10.6 Å². The molecule has 3 heteroatoms. The Labute approximate surface area is 118 Å². The molecule has 1 saturated heterocycles. The molecule has 1 amide bonds. The molecule has 20 heavy (non-hydrogen) atoms. The number of piperidine rings is 1. The fourth-order valence-electron chi connectivity index (χ4n) is 3.40. The number of fused-ring (bicyclic) bond motifs is 2. The number of carbonyl (C=O) groups is 1. The Bertz CT molecular complexity index is 657. The molecule has 2 unspecified atom stereocenters. The topological polar surface area (TPSA) is 41.1 Å². The number of nitrogens with one attached hydrogen (secondary N) is 2. The van der Waals surface area contributed by atoms with Crippen LogP contribution in [0.4, 0.5) is 0 Å². The van der Waals surface area contributed by atoms with E-state index in [4.69, 9.17) is 0 Å². The second kappa shape index (κ2) is 4.60. The van der Waals surface area contributed by atoms with E-state index in [1.165, 1.54) is 10.8 Å². The van der Waals surface area contributed by atoms with Crippen LogP contribution in [-0.4, -0.2) is 25.0 Å². The Kier molecular flexibility index (Phi) is 2.74. The van der Waals surface area contributed by atoms with Gasteiger partial charge in [-0.05, 0) is 28.2 Å². The Morgan fingerprint density at radius 3 is 2.65 bits per heavy atom. The third-order valence-corrected chi connectivity index (χ3v) is 4.60. The van der Waals surface area contributed by atoms with E-state index in [1.54, 1.807) is 0 Å². The largest absolute Gasteiger partial charge is 0.352 e. The molecule has 1 aliphatic heterocycles. The highest BCUT2D eigenvalue weighted by Gasteiger charge is 2.53. The summed E-state index contributed by atoms with van der Waals surface area (Å²) in [4.78, 5) is 12.1. The molecule has 0 radical (unpaired) electrons. The minimum absolute atomic E-state index is 0.152. The van der Waals surface area contributed by atoms with Crippen molar-refractivity contribution < 1.29 is 4.79 Å². The second-order valence-electron chi connectivity index (χ2n) is 5.94. The van der Waals surface area contributed by atoms with Crippen molar-refractivity contribution in [2.24, 2.45) is 11.8 Å². The van der Waals surface area contributed by atoms with Crippen molar-refractivity contribution in [1.29, 1.82) is 0 Å². The van der Waals surface area contributed by atoms with Gasteiger partial charge in [0.1, 0.15) is 0 Å². The van der Waals surface area contributed by atoms with Crippen LogP contribution in [0.1, 0.15) is 5.56 Å². The summed E-state index contributed by atoms with van der Waals surface area (Å²) >= 11 is 0. The van der Waals surface area contributed by atoms with E-state index in [9.17, 15) is 4.79 Å². The predicted octanol–water partition coefficient (Wildman–Crippen LogP) is 1.72. The maximum absolute atomic E-state index is 12.1. The zero-order chi connectivity index (χ0) is 13.5. The Hall–Kier alpha value is -1.87. The average molecular weight is 266 g/mol. The number of amides is 1. The normalized spacial score (nSPS) is 27.3. The fraction of sp³-hybridized carbons (Fsp3) is 0.353. The average Bonchev–Trinajstić information content (AvgIpc) is 2.89. The lowest BCUT2D eigenvalue weighted by Gasteiger charge is -2.08. The third kappa shape index (κ3) is 2.08. The summed E-state index contributed by atoms with van der Waals surface area (Å²) in [7, 11) is 0. The second-order valence-corrected chi connectivity index (χ2v) is 5.94. The first-order chi connectivity index (χ1) is 9.81. The quantitative estimate of drug-likeness (QED) is 0.888. The Balaban J connectivity index is 1.43. The minimum atomic E-state index is 0.152. The van der Waals surface area contributed by atoms with E-state index in [-0.39, 0.29) is 5.91 Å². The molecule has 1 aliphatic carbocycles. The van der Waals surface area contributed by atoms with Crippen molar-refractivity contribution in [3.8, 4) is 0 Å². The van der Waals surface area contributed by atoms with Gasteiger partial charge in [0, 0.05) is 19.1 Å². The van der Waals surface area contributed by atoms with Crippen molar-refractivity contribution in [1.82, 2.24) is 10.6 Å². The lowest BCUT2D eigenvalue weighted by molar-refractivity contribution is -0.120. The SMILES string of the molecule is O=C(Cc1ccc2ccccc2c1)NC1C2CNCC21. The molecule has 0 spiro atoms. The molecule has 0 bridgehead atoms. The summed E-state index contributed by atoms with van der Waals surface area (Å²) in [5.74, 6) is 1.51. The van der Waals surface area contributed by atoms with Crippen molar-refractivity contribution in [2.45, 2.75) is 12.5 Å². The molecule has 2 aliphatic rings. The monoisotopic (exact) mass is 266 g/mol. The number of hydrogen-bond donors (Lipinski definition) is 2. The Morgan fingerprint density at radius 1 is 1.10 bits per heavy atom. The lowest BCUT2D eigenvalue weighted by Crippen LogP contribution is -2.33. The van der Waals surface area contributed by atoms with E-state index in [2.05, 4.69) is 41.0 Å². The van der Waals surface area contributed by atoms with Gasteiger partial charge < -0.3 is 10.6 Å². The first-order valence-corrected chi connectivity index (χ1v) is 7.29. The van der Waals surface area contributed by atoms with Crippen LogP contribution in [0.25, 0.3) is 10.8 Å². The summed E-state index contributed by atoms with van der Waals surface area (Å²) < 4.78 is 0. The summed E-state index contributed by atoms with van der Waals surface area (Å²) in [6.45, 7) is 2.12. The zero-order valence-corrected chi connectivity index (χ0v) is 11.3. The van der Waals surface area contributed by atoms with Gasteiger partial charge in [-0.1, -0.05) is 42.5 Å². The van der Waals surface area contributed by atoms with E-state index >= 15 is 0 Å². The summed E-state index contributed by atoms with van der Waals surface area (Å²) in [5, 5.41) is 8.94. The number of carbonyl (C=O) groups excluding carboxylic acids is 1. The van der Waals surface area contributed by atoms with E-state index in [0.29, 0.717) is 24.3 Å². The van der Waals surface area contributed by atoms with E-state index in [0.717, 1.165) is 18.7 Å². The van der Waals surface area contributed by atoms with Crippen molar-refractivity contribution >= 4 is 16.7 Å². The molecule has 3 nitrogen and oxygen atoms in total. The van der Waals surface area contributed by atoms with Gasteiger partial charge in [-0.25, -0.2) is 0 Å². The smallest absolute Gasteiger partial charge is 0.224 e. The maximum Gasteiger partial charge on any atom is 0.224 e. The lowest BCUT2D eigenvalue weighted by atomic mass is 10.0. The Morgan fingerprint density at radius 2 is 1.85 bits per heavy atom. The molecule has 1 heterocycles. The minimum Gasteiger partial charge on any atom is -0.352 e. The van der Waals surface area contributed by atoms with Gasteiger partial charge in [0.2, 0.25) is 5.91 Å². The molecule has 2 N–H and O–H groups in total. The maximum atomic E-state index is 12.1. The fourth-order valence-corrected chi connectivity index (χ4v) is 3.40. The molecule has 1 saturated carbocycles. The number of benzene rings is 2. The van der Waals surface area contributed by atoms with Crippen LogP contribution in [0.3, 0.4) is 0 Å². The predicted molar refractivity (Wildman–Crippen MR) is 79.4 cm³/mol. The van der Waals surface area contributed by atoms with Gasteiger partial charge in [0.05, 0.1) is 6.42 Å². The zero-order valence-electron chi connectivity index (χ0n) is 11.3.